The number of anilines is 1. The number of alkyl carbamates (subject to hydrolysis) is 1. The summed E-state index contributed by atoms with van der Waals surface area (Å²) in [6.07, 6.45) is 1.20. The number of furan rings is 1. The van der Waals surface area contributed by atoms with E-state index in [2.05, 4.69) is 15.6 Å². The van der Waals surface area contributed by atoms with Crippen LogP contribution in [-0.2, 0) is 9.47 Å². The summed E-state index contributed by atoms with van der Waals surface area (Å²) in [5, 5.41) is 7.61. The topological polar surface area (TPSA) is 103 Å². The molecule has 0 bridgehead atoms. The van der Waals surface area contributed by atoms with E-state index < -0.39 is 17.7 Å². The Morgan fingerprint density at radius 1 is 1.23 bits per heavy atom. The van der Waals surface area contributed by atoms with E-state index in [-0.39, 0.29) is 18.4 Å². The minimum absolute atomic E-state index is 0.0904. The Morgan fingerprint density at radius 3 is 2.70 bits per heavy atom. The van der Waals surface area contributed by atoms with Crippen molar-refractivity contribution in [2.75, 3.05) is 18.5 Å². The maximum Gasteiger partial charge on any atom is 0.407 e. The average molecular weight is 413 g/mol. The van der Waals surface area contributed by atoms with Crippen LogP contribution < -0.4 is 10.6 Å². The molecule has 0 unspecified atom stereocenters. The molecule has 0 spiro atoms. The number of carbonyl (C=O) groups excluding carboxylic acids is 2. The minimum atomic E-state index is -0.582. The third-order valence-corrected chi connectivity index (χ3v) is 4.24. The van der Waals surface area contributed by atoms with Crippen molar-refractivity contribution in [1.29, 1.82) is 0 Å². The van der Waals surface area contributed by atoms with Gasteiger partial charge in [0, 0.05) is 24.2 Å². The SMILES string of the molecule is CCOC(=O)c1oc2ccc3ncccc3c2c1NC[C@@H](C)NC(=O)OC(C)(C)C. The predicted molar refractivity (Wildman–Crippen MR) is 115 cm³/mol. The number of hydrogen-bond donors (Lipinski definition) is 2. The number of pyridine rings is 1. The molecule has 2 N–H and O–H groups in total. The monoisotopic (exact) mass is 413 g/mol. The zero-order chi connectivity index (χ0) is 21.9. The zero-order valence-electron chi connectivity index (χ0n) is 17.9. The molecule has 30 heavy (non-hydrogen) atoms. The van der Waals surface area contributed by atoms with E-state index in [4.69, 9.17) is 13.9 Å². The summed E-state index contributed by atoms with van der Waals surface area (Å²) in [4.78, 5) is 28.9. The maximum absolute atomic E-state index is 12.5. The number of fused-ring (bicyclic) bond motifs is 3. The Hall–Kier alpha value is -3.29. The largest absolute Gasteiger partial charge is 0.460 e. The molecular formula is C22H27N3O5. The molecule has 0 fully saturated rings. The van der Waals surface area contributed by atoms with Gasteiger partial charge in [-0.3, -0.25) is 4.98 Å². The Labute approximate surface area is 174 Å². The number of amides is 1. The first-order valence-corrected chi connectivity index (χ1v) is 9.90. The van der Waals surface area contributed by atoms with Crippen LogP contribution in [0.1, 0.15) is 45.2 Å². The van der Waals surface area contributed by atoms with Crippen LogP contribution in [0.4, 0.5) is 10.5 Å². The number of rotatable bonds is 6. The lowest BCUT2D eigenvalue weighted by Crippen LogP contribution is -2.40. The molecule has 0 saturated carbocycles. The molecule has 0 saturated heterocycles. The first kappa shape index (κ1) is 21.4. The van der Waals surface area contributed by atoms with Crippen LogP contribution in [0.25, 0.3) is 21.9 Å². The third kappa shape index (κ3) is 4.82. The quantitative estimate of drug-likeness (QED) is 0.574. The second-order valence-corrected chi connectivity index (χ2v) is 7.96. The molecule has 2 aromatic heterocycles. The Kier molecular flexibility index (Phi) is 6.14. The van der Waals surface area contributed by atoms with Crippen LogP contribution in [-0.4, -0.2) is 41.8 Å². The predicted octanol–water partition coefficient (Wildman–Crippen LogP) is 4.48. The fraction of sp³-hybridized carbons (Fsp3) is 0.409. The van der Waals surface area contributed by atoms with Crippen molar-refractivity contribution in [2.24, 2.45) is 0 Å². The first-order valence-electron chi connectivity index (χ1n) is 9.90. The van der Waals surface area contributed by atoms with Gasteiger partial charge in [-0.05, 0) is 52.8 Å². The lowest BCUT2D eigenvalue weighted by atomic mass is 10.1. The van der Waals surface area contributed by atoms with Crippen LogP contribution in [0.15, 0.2) is 34.9 Å². The molecule has 2 heterocycles. The van der Waals surface area contributed by atoms with Crippen LogP contribution in [0.3, 0.4) is 0 Å². The molecule has 160 valence electrons. The first-order chi connectivity index (χ1) is 14.2. The van der Waals surface area contributed by atoms with Gasteiger partial charge < -0.3 is 24.5 Å². The van der Waals surface area contributed by atoms with E-state index in [9.17, 15) is 9.59 Å². The van der Waals surface area contributed by atoms with E-state index in [0.29, 0.717) is 17.8 Å². The summed E-state index contributed by atoms with van der Waals surface area (Å²) in [6, 6.07) is 7.10. The van der Waals surface area contributed by atoms with Crippen molar-refractivity contribution in [3.63, 3.8) is 0 Å². The van der Waals surface area contributed by atoms with E-state index in [0.717, 1.165) is 16.3 Å². The van der Waals surface area contributed by atoms with Gasteiger partial charge in [0.25, 0.3) is 0 Å². The summed E-state index contributed by atoms with van der Waals surface area (Å²) in [5.41, 5.74) is 1.26. The van der Waals surface area contributed by atoms with Crippen molar-refractivity contribution >= 4 is 39.6 Å². The standard InChI is InChI=1S/C22H27N3O5/c1-6-28-20(26)19-18(24-12-13(2)25-21(27)30-22(3,4)5)17-14-8-7-11-23-15(14)9-10-16(17)29-19/h7-11,13,24H,6,12H2,1-5H3,(H,25,27)/t13-/m1/s1. The molecule has 8 nitrogen and oxygen atoms in total. The molecule has 0 radical (unpaired) electrons. The van der Waals surface area contributed by atoms with Crippen LogP contribution in [0.5, 0.6) is 0 Å². The summed E-state index contributed by atoms with van der Waals surface area (Å²) < 4.78 is 16.3. The molecule has 0 aliphatic carbocycles. The highest BCUT2D eigenvalue weighted by Crippen LogP contribution is 2.36. The molecule has 1 amide bonds. The van der Waals surface area contributed by atoms with Gasteiger partial charge in [-0.25, -0.2) is 9.59 Å². The van der Waals surface area contributed by atoms with Crippen molar-refractivity contribution in [1.82, 2.24) is 10.3 Å². The molecule has 0 aliphatic rings. The third-order valence-electron chi connectivity index (χ3n) is 4.24. The van der Waals surface area contributed by atoms with Crippen LogP contribution in [0, 0.1) is 0 Å². The van der Waals surface area contributed by atoms with Gasteiger partial charge in [0.15, 0.2) is 0 Å². The highest BCUT2D eigenvalue weighted by atomic mass is 16.6. The number of hydrogen-bond acceptors (Lipinski definition) is 7. The molecule has 3 aromatic rings. The van der Waals surface area contributed by atoms with Gasteiger partial charge in [-0.1, -0.05) is 6.07 Å². The van der Waals surface area contributed by atoms with E-state index in [1.54, 1.807) is 40.0 Å². The fourth-order valence-electron chi connectivity index (χ4n) is 3.07. The van der Waals surface area contributed by atoms with Crippen molar-refractivity contribution < 1.29 is 23.5 Å². The average Bonchev–Trinajstić information content (AvgIpc) is 3.04. The number of aromatic nitrogens is 1. The van der Waals surface area contributed by atoms with Crippen LogP contribution >= 0.6 is 0 Å². The highest BCUT2D eigenvalue weighted by molar-refractivity contribution is 6.15. The number of esters is 1. The Morgan fingerprint density at radius 2 is 2.00 bits per heavy atom. The van der Waals surface area contributed by atoms with Gasteiger partial charge in [0.2, 0.25) is 5.76 Å². The number of nitrogens with one attached hydrogen (secondary N) is 2. The molecule has 3 rings (SSSR count). The number of carbonyl (C=O) groups is 2. The van der Waals surface area contributed by atoms with E-state index in [1.807, 2.05) is 25.1 Å². The molecular weight excluding hydrogens is 386 g/mol. The molecule has 1 aromatic carbocycles. The maximum atomic E-state index is 12.5. The molecule has 0 aliphatic heterocycles. The fourth-order valence-corrected chi connectivity index (χ4v) is 3.07. The second kappa shape index (κ2) is 8.61. The molecule has 8 heteroatoms. The molecule has 1 atom stereocenters. The van der Waals surface area contributed by atoms with Crippen molar-refractivity contribution in [3.05, 3.63) is 36.2 Å². The highest BCUT2D eigenvalue weighted by Gasteiger charge is 2.24. The van der Waals surface area contributed by atoms with Gasteiger partial charge >= 0.3 is 12.1 Å². The second-order valence-electron chi connectivity index (χ2n) is 7.96. The van der Waals surface area contributed by atoms with Gasteiger partial charge in [0.05, 0.1) is 23.2 Å². The smallest absolute Gasteiger partial charge is 0.407 e. The van der Waals surface area contributed by atoms with E-state index >= 15 is 0 Å². The van der Waals surface area contributed by atoms with Crippen LogP contribution in [0.2, 0.25) is 0 Å². The van der Waals surface area contributed by atoms with Crippen molar-refractivity contribution in [3.8, 4) is 0 Å². The van der Waals surface area contributed by atoms with Gasteiger partial charge in [-0.2, -0.15) is 0 Å². The Bertz CT molecular complexity index is 1070. The summed E-state index contributed by atoms with van der Waals surface area (Å²) in [7, 11) is 0. The minimum Gasteiger partial charge on any atom is -0.460 e. The van der Waals surface area contributed by atoms with Crippen molar-refractivity contribution in [2.45, 2.75) is 46.3 Å². The van der Waals surface area contributed by atoms with Gasteiger partial charge in [-0.15, -0.1) is 0 Å². The zero-order valence-corrected chi connectivity index (χ0v) is 17.9. The van der Waals surface area contributed by atoms with Gasteiger partial charge in [0.1, 0.15) is 11.2 Å². The lowest BCUT2D eigenvalue weighted by Gasteiger charge is -2.22. The normalized spacial score (nSPS) is 12.6. The summed E-state index contributed by atoms with van der Waals surface area (Å²) in [6.45, 7) is 9.56. The number of nitrogens with zero attached hydrogens (tertiary/aromatic N) is 1. The lowest BCUT2D eigenvalue weighted by molar-refractivity contribution is 0.0487. The number of benzene rings is 1. The summed E-state index contributed by atoms with van der Waals surface area (Å²) in [5.74, 6) is -0.464. The summed E-state index contributed by atoms with van der Waals surface area (Å²) >= 11 is 0. The Balaban J connectivity index is 1.90. The number of ether oxygens (including phenoxy) is 2. The van der Waals surface area contributed by atoms with E-state index in [1.165, 1.54) is 0 Å².